The lowest BCUT2D eigenvalue weighted by Gasteiger charge is -2.29. The topological polar surface area (TPSA) is 59.6 Å². The first kappa shape index (κ1) is 25.3. The minimum absolute atomic E-state index is 0.00672. The van der Waals surface area contributed by atoms with E-state index in [-0.39, 0.29) is 18.1 Å². The van der Waals surface area contributed by atoms with Crippen LogP contribution in [0.15, 0.2) is 42.5 Å². The molecule has 1 heterocycles. The van der Waals surface area contributed by atoms with E-state index in [1.165, 1.54) is 48.8 Å². The predicted molar refractivity (Wildman–Crippen MR) is 144 cm³/mol. The third-order valence-corrected chi connectivity index (χ3v) is 8.43. The van der Waals surface area contributed by atoms with Crippen molar-refractivity contribution >= 4 is 5.91 Å². The Morgan fingerprint density at radius 2 is 1.81 bits per heavy atom. The summed E-state index contributed by atoms with van der Waals surface area (Å²) in [5, 5.41) is 7.05. The summed E-state index contributed by atoms with van der Waals surface area (Å²) in [6.45, 7) is 4.69. The van der Waals surface area contributed by atoms with Crippen LogP contribution in [-0.4, -0.2) is 37.3 Å². The molecule has 194 valence electrons. The fourth-order valence-corrected chi connectivity index (χ4v) is 6.01. The maximum absolute atomic E-state index is 12.9. The lowest BCUT2D eigenvalue weighted by molar-refractivity contribution is 0.0679. The van der Waals surface area contributed by atoms with Gasteiger partial charge in [0.25, 0.3) is 5.91 Å². The number of fused-ring (bicyclic) bond motifs is 1. The highest BCUT2D eigenvalue weighted by Gasteiger charge is 2.22. The van der Waals surface area contributed by atoms with Crippen LogP contribution in [0, 0.1) is 5.92 Å². The van der Waals surface area contributed by atoms with Crippen molar-refractivity contribution in [3.63, 3.8) is 0 Å². The summed E-state index contributed by atoms with van der Waals surface area (Å²) in [5.74, 6) is 1.72. The first-order chi connectivity index (χ1) is 17.7. The Bertz CT molecular complexity index is 991. The van der Waals surface area contributed by atoms with Crippen molar-refractivity contribution in [2.45, 2.75) is 95.9 Å². The van der Waals surface area contributed by atoms with Crippen LogP contribution in [0.2, 0.25) is 0 Å². The van der Waals surface area contributed by atoms with Crippen LogP contribution in [0.4, 0.5) is 0 Å². The van der Waals surface area contributed by atoms with Gasteiger partial charge in [0.15, 0.2) is 0 Å². The van der Waals surface area contributed by atoms with Gasteiger partial charge in [0.2, 0.25) is 0 Å². The zero-order valence-electron chi connectivity index (χ0n) is 21.8. The van der Waals surface area contributed by atoms with E-state index in [0.29, 0.717) is 18.2 Å². The molecular formula is C31H42N2O3. The van der Waals surface area contributed by atoms with Crippen molar-refractivity contribution in [1.82, 2.24) is 10.6 Å². The highest BCUT2D eigenvalue weighted by molar-refractivity contribution is 5.94. The highest BCUT2D eigenvalue weighted by Crippen LogP contribution is 2.27. The van der Waals surface area contributed by atoms with Crippen molar-refractivity contribution < 1.29 is 14.3 Å². The first-order valence-corrected chi connectivity index (χ1v) is 14.2. The number of carbonyl (C=O) groups excluding carboxylic acids is 1. The van der Waals surface area contributed by atoms with E-state index >= 15 is 0 Å². The summed E-state index contributed by atoms with van der Waals surface area (Å²) in [4.78, 5) is 12.9. The van der Waals surface area contributed by atoms with Crippen molar-refractivity contribution in [2.75, 3.05) is 13.2 Å². The molecule has 0 unspecified atom stereocenters. The molecule has 2 aromatic rings. The summed E-state index contributed by atoms with van der Waals surface area (Å²) in [6.07, 6.45) is 12.0. The predicted octanol–water partition coefficient (Wildman–Crippen LogP) is 5.59. The second-order valence-electron chi connectivity index (χ2n) is 11.0. The second kappa shape index (κ2) is 12.2. The minimum atomic E-state index is -0.00672. The van der Waals surface area contributed by atoms with Gasteiger partial charge >= 0.3 is 0 Å². The Balaban J connectivity index is 1.07. The number of hydrogen-bond acceptors (Lipinski definition) is 4. The quantitative estimate of drug-likeness (QED) is 0.481. The molecule has 5 nitrogen and oxygen atoms in total. The van der Waals surface area contributed by atoms with Gasteiger partial charge in [0, 0.05) is 30.8 Å². The van der Waals surface area contributed by atoms with E-state index < -0.39 is 0 Å². The summed E-state index contributed by atoms with van der Waals surface area (Å²) in [6, 6.07) is 15.2. The summed E-state index contributed by atoms with van der Waals surface area (Å²) < 4.78 is 11.4. The molecule has 0 spiro atoms. The van der Waals surface area contributed by atoms with Gasteiger partial charge in [-0.25, -0.2) is 0 Å². The number of aryl methyl sites for hydroxylation is 1. The molecule has 5 heteroatoms. The molecule has 36 heavy (non-hydrogen) atoms. The van der Waals surface area contributed by atoms with Gasteiger partial charge in [-0.2, -0.15) is 0 Å². The fourth-order valence-electron chi connectivity index (χ4n) is 6.01. The Hall–Kier alpha value is -2.37. The van der Waals surface area contributed by atoms with E-state index in [1.54, 1.807) is 0 Å². The maximum atomic E-state index is 12.9. The third kappa shape index (κ3) is 6.68. The number of hydrogen-bond donors (Lipinski definition) is 2. The van der Waals surface area contributed by atoms with Gasteiger partial charge in [-0.05, 0) is 105 Å². The normalized spacial score (nSPS) is 25.8. The number of ether oxygens (including phenoxy) is 2. The molecule has 0 aromatic heterocycles. The monoisotopic (exact) mass is 490 g/mol. The molecule has 1 aliphatic heterocycles. The minimum Gasteiger partial charge on any atom is -0.491 e. The Labute approximate surface area is 216 Å². The molecule has 2 aliphatic carbocycles. The SMILES string of the molecule is CCC1CCC(NCc2ccc3c(c2)CC[C@H](NC(=O)c2ccc(OC[C@@H]4CCCO4)cc2)C3)CC1. The molecule has 0 bridgehead atoms. The number of amides is 1. The van der Waals surface area contributed by atoms with Crippen molar-refractivity contribution in [3.05, 3.63) is 64.7 Å². The lowest BCUT2D eigenvalue weighted by Crippen LogP contribution is -2.39. The smallest absolute Gasteiger partial charge is 0.251 e. The zero-order valence-corrected chi connectivity index (χ0v) is 21.8. The summed E-state index contributed by atoms with van der Waals surface area (Å²) in [7, 11) is 0. The van der Waals surface area contributed by atoms with Crippen LogP contribution in [0.25, 0.3) is 0 Å². The van der Waals surface area contributed by atoms with Gasteiger partial charge in [0.05, 0.1) is 6.10 Å². The Kier molecular flexibility index (Phi) is 8.60. The molecule has 5 rings (SSSR count). The number of nitrogens with one attached hydrogen (secondary N) is 2. The van der Waals surface area contributed by atoms with Gasteiger partial charge in [-0.3, -0.25) is 4.79 Å². The fraction of sp³-hybridized carbons (Fsp3) is 0.581. The average Bonchev–Trinajstić information content (AvgIpc) is 3.45. The molecule has 1 amide bonds. The van der Waals surface area contributed by atoms with Crippen LogP contribution in [-0.2, 0) is 24.1 Å². The standard InChI is InChI=1S/C31H42N2O3/c1-2-22-6-12-27(13-7-22)32-20-23-5-8-26-19-28(14-9-25(26)18-23)33-31(34)24-10-15-29(16-11-24)36-21-30-4-3-17-35-30/h5,8,10-11,15-16,18,22,27-28,30,32H,2-4,6-7,9,12-14,17,19-21H2,1H3,(H,33,34)/t22?,27?,28-,30-/m0/s1. The number of benzene rings is 2. The van der Waals surface area contributed by atoms with Crippen LogP contribution < -0.4 is 15.4 Å². The van der Waals surface area contributed by atoms with Crippen molar-refractivity contribution in [3.8, 4) is 5.75 Å². The summed E-state index contributed by atoms with van der Waals surface area (Å²) >= 11 is 0. The highest BCUT2D eigenvalue weighted by atomic mass is 16.5. The van der Waals surface area contributed by atoms with E-state index in [2.05, 4.69) is 35.8 Å². The van der Waals surface area contributed by atoms with Crippen LogP contribution in [0.1, 0.15) is 85.3 Å². The number of carbonyl (C=O) groups is 1. The molecule has 0 radical (unpaired) electrons. The summed E-state index contributed by atoms with van der Waals surface area (Å²) in [5.41, 5.74) is 4.88. The van der Waals surface area contributed by atoms with E-state index in [0.717, 1.165) is 56.9 Å². The molecule has 1 saturated heterocycles. The molecule has 2 atom stereocenters. The zero-order chi connectivity index (χ0) is 24.7. The molecular weight excluding hydrogens is 448 g/mol. The van der Waals surface area contributed by atoms with Crippen molar-refractivity contribution in [1.29, 1.82) is 0 Å². The van der Waals surface area contributed by atoms with Gasteiger partial charge in [-0.1, -0.05) is 31.5 Å². The molecule has 1 saturated carbocycles. The van der Waals surface area contributed by atoms with Crippen LogP contribution in [0.5, 0.6) is 5.75 Å². The Morgan fingerprint density at radius 1 is 0.972 bits per heavy atom. The van der Waals surface area contributed by atoms with Gasteiger partial charge < -0.3 is 20.1 Å². The maximum Gasteiger partial charge on any atom is 0.251 e. The molecule has 2 N–H and O–H groups in total. The van der Waals surface area contributed by atoms with Gasteiger partial charge in [-0.15, -0.1) is 0 Å². The largest absolute Gasteiger partial charge is 0.491 e. The number of rotatable bonds is 9. The van der Waals surface area contributed by atoms with Crippen molar-refractivity contribution in [2.24, 2.45) is 5.92 Å². The Morgan fingerprint density at radius 3 is 2.56 bits per heavy atom. The molecule has 3 aliphatic rings. The van der Waals surface area contributed by atoms with E-state index in [4.69, 9.17) is 9.47 Å². The van der Waals surface area contributed by atoms with Crippen LogP contribution >= 0.6 is 0 Å². The van der Waals surface area contributed by atoms with Gasteiger partial charge in [0.1, 0.15) is 12.4 Å². The lowest BCUT2D eigenvalue weighted by atomic mass is 9.84. The average molecular weight is 491 g/mol. The van der Waals surface area contributed by atoms with Crippen LogP contribution in [0.3, 0.4) is 0 Å². The second-order valence-corrected chi connectivity index (χ2v) is 11.0. The first-order valence-electron chi connectivity index (χ1n) is 14.2. The molecule has 2 fully saturated rings. The van der Waals surface area contributed by atoms with E-state index in [9.17, 15) is 4.79 Å². The third-order valence-electron chi connectivity index (χ3n) is 8.43. The van der Waals surface area contributed by atoms with E-state index in [1.807, 2.05) is 24.3 Å². The molecule has 2 aromatic carbocycles.